The van der Waals surface area contributed by atoms with Crippen molar-refractivity contribution in [2.75, 3.05) is 13.1 Å². The Morgan fingerprint density at radius 1 is 0.848 bits per heavy atom. The fourth-order valence-electron chi connectivity index (χ4n) is 5.86. The van der Waals surface area contributed by atoms with Gasteiger partial charge in [0.1, 0.15) is 5.69 Å². The molecule has 1 aliphatic rings. The highest BCUT2D eigenvalue weighted by Gasteiger charge is 2.31. The number of hydrogen-bond acceptors (Lipinski definition) is 4. The minimum Gasteiger partial charge on any atom is -0.344 e. The minimum atomic E-state index is -4.42. The van der Waals surface area contributed by atoms with Crippen LogP contribution in [-0.2, 0) is 12.6 Å². The van der Waals surface area contributed by atoms with Crippen molar-refractivity contribution in [3.63, 3.8) is 0 Å². The van der Waals surface area contributed by atoms with E-state index < -0.39 is 11.7 Å². The molecule has 5 aromatic rings. The number of nitrogens with zero attached hydrogens (tertiary/aromatic N) is 2. The number of thiazole rings is 1. The number of amides is 2. The Morgan fingerprint density at radius 2 is 1.48 bits per heavy atom. The molecule has 0 aliphatic carbocycles. The summed E-state index contributed by atoms with van der Waals surface area (Å²) in [5.41, 5.74) is 3.41. The third-order valence-corrected chi connectivity index (χ3v) is 9.36. The molecule has 0 saturated carbocycles. The maximum absolute atomic E-state index is 13.6. The van der Waals surface area contributed by atoms with E-state index in [2.05, 4.69) is 5.32 Å². The van der Waals surface area contributed by atoms with Crippen molar-refractivity contribution in [2.45, 2.75) is 37.4 Å². The lowest BCUT2D eigenvalue weighted by Crippen LogP contribution is -2.38. The molecule has 6 rings (SSSR count). The molecule has 0 radical (unpaired) electrons. The van der Waals surface area contributed by atoms with Crippen molar-refractivity contribution in [3.05, 3.63) is 148 Å². The highest BCUT2D eigenvalue weighted by Crippen LogP contribution is 2.34. The molecule has 1 atom stereocenters. The summed E-state index contributed by atoms with van der Waals surface area (Å²) in [7, 11) is 0. The van der Waals surface area contributed by atoms with Crippen LogP contribution in [0.25, 0.3) is 11.1 Å². The zero-order valence-corrected chi connectivity index (χ0v) is 25.7. The smallest absolute Gasteiger partial charge is 0.344 e. The van der Waals surface area contributed by atoms with E-state index >= 15 is 0 Å². The van der Waals surface area contributed by atoms with Gasteiger partial charge >= 0.3 is 6.18 Å². The Hall–Kier alpha value is -4.76. The van der Waals surface area contributed by atoms with Gasteiger partial charge in [-0.1, -0.05) is 91.0 Å². The van der Waals surface area contributed by atoms with Crippen LogP contribution in [0.1, 0.15) is 67.3 Å². The molecule has 2 heterocycles. The van der Waals surface area contributed by atoms with Crippen molar-refractivity contribution in [1.82, 2.24) is 15.2 Å². The van der Waals surface area contributed by atoms with Gasteiger partial charge in [0.25, 0.3) is 11.8 Å². The van der Waals surface area contributed by atoms with Gasteiger partial charge in [0.2, 0.25) is 0 Å². The summed E-state index contributed by atoms with van der Waals surface area (Å²) in [5.74, 6) is -0.256. The van der Waals surface area contributed by atoms with Gasteiger partial charge in [-0.15, -0.1) is 11.3 Å². The predicted molar refractivity (Wildman–Crippen MR) is 174 cm³/mol. The third kappa shape index (κ3) is 7.21. The van der Waals surface area contributed by atoms with Gasteiger partial charge in [-0.25, -0.2) is 4.98 Å². The van der Waals surface area contributed by atoms with E-state index in [4.69, 9.17) is 4.98 Å². The highest BCUT2D eigenvalue weighted by molar-refractivity contribution is 7.09. The number of carbonyl (C=O) groups excluding carboxylic acids is 2. The lowest BCUT2D eigenvalue weighted by molar-refractivity contribution is -0.137. The molecule has 0 bridgehead atoms. The van der Waals surface area contributed by atoms with Crippen LogP contribution in [0.2, 0.25) is 0 Å². The van der Waals surface area contributed by atoms with E-state index in [9.17, 15) is 22.8 Å². The van der Waals surface area contributed by atoms with E-state index in [0.717, 1.165) is 28.3 Å². The summed E-state index contributed by atoms with van der Waals surface area (Å²) in [6, 6.07) is 31.6. The van der Waals surface area contributed by atoms with Crippen LogP contribution < -0.4 is 5.32 Å². The van der Waals surface area contributed by atoms with Gasteiger partial charge in [0.05, 0.1) is 16.6 Å². The molecule has 9 heteroatoms. The summed E-state index contributed by atoms with van der Waals surface area (Å²) in [5, 5.41) is 5.86. The molecule has 5 nitrogen and oxygen atoms in total. The lowest BCUT2D eigenvalue weighted by Gasteiger charge is -2.31. The molecular weight excluding hydrogens is 607 g/mol. The van der Waals surface area contributed by atoms with Crippen molar-refractivity contribution in [2.24, 2.45) is 0 Å². The second-order valence-corrected chi connectivity index (χ2v) is 12.3. The molecule has 2 amide bonds. The monoisotopic (exact) mass is 639 g/mol. The van der Waals surface area contributed by atoms with E-state index in [-0.39, 0.29) is 23.8 Å². The Bertz CT molecular complexity index is 1780. The second-order valence-electron chi connectivity index (χ2n) is 11.4. The Morgan fingerprint density at radius 3 is 2.15 bits per heavy atom. The first-order valence-electron chi connectivity index (χ1n) is 15.2. The molecule has 234 valence electrons. The third-order valence-electron chi connectivity index (χ3n) is 8.36. The first kappa shape index (κ1) is 31.2. The van der Waals surface area contributed by atoms with Crippen LogP contribution in [0, 0.1) is 0 Å². The highest BCUT2D eigenvalue weighted by atomic mass is 32.1. The van der Waals surface area contributed by atoms with Crippen molar-refractivity contribution >= 4 is 23.2 Å². The molecule has 0 spiro atoms. The number of aromatic nitrogens is 1. The second kappa shape index (κ2) is 13.7. The van der Waals surface area contributed by atoms with Gasteiger partial charge in [-0.2, -0.15) is 13.2 Å². The number of halogens is 3. The first-order valence-corrected chi connectivity index (χ1v) is 16.1. The van der Waals surface area contributed by atoms with Gasteiger partial charge in [-0.3, -0.25) is 9.59 Å². The first-order chi connectivity index (χ1) is 22.3. The van der Waals surface area contributed by atoms with Crippen molar-refractivity contribution in [3.8, 4) is 11.1 Å². The van der Waals surface area contributed by atoms with E-state index in [1.54, 1.807) is 34.5 Å². The van der Waals surface area contributed by atoms with E-state index in [1.165, 1.54) is 23.5 Å². The van der Waals surface area contributed by atoms with Crippen molar-refractivity contribution < 1.29 is 22.8 Å². The van der Waals surface area contributed by atoms with Gasteiger partial charge < -0.3 is 10.2 Å². The molecule has 1 fully saturated rings. The predicted octanol–water partition coefficient (Wildman–Crippen LogP) is 8.56. The normalized spacial score (nSPS) is 14.5. The van der Waals surface area contributed by atoms with Gasteiger partial charge in [0, 0.05) is 30.0 Å². The van der Waals surface area contributed by atoms with Crippen LogP contribution >= 0.6 is 11.3 Å². The average Bonchev–Trinajstić information content (AvgIpc) is 3.59. The molecular formula is C37H32F3N3O2S. The molecule has 46 heavy (non-hydrogen) atoms. The SMILES string of the molecule is O=C(NC(Cc1ccccc1)c1ccccc1)c1csc(C2CCN(C(=O)c3ccccc3-c3ccc(C(F)(F)F)cc3)CC2)n1. The summed E-state index contributed by atoms with van der Waals surface area (Å²) in [4.78, 5) is 33.4. The zero-order valence-electron chi connectivity index (χ0n) is 24.9. The number of likely N-dealkylation sites (tertiary alicyclic amines) is 1. The maximum atomic E-state index is 13.6. The number of carbonyl (C=O) groups is 2. The van der Waals surface area contributed by atoms with E-state index in [1.807, 2.05) is 60.7 Å². The summed E-state index contributed by atoms with van der Waals surface area (Å²) >= 11 is 1.46. The molecule has 4 aromatic carbocycles. The van der Waals surface area contributed by atoms with Gasteiger partial charge in [0.15, 0.2) is 0 Å². The van der Waals surface area contributed by atoms with Crippen LogP contribution in [0.5, 0.6) is 0 Å². The van der Waals surface area contributed by atoms with Gasteiger partial charge in [-0.05, 0) is 59.7 Å². The molecule has 1 unspecified atom stereocenters. The summed E-state index contributed by atoms with van der Waals surface area (Å²) in [6.45, 7) is 1.03. The Kier molecular flexibility index (Phi) is 9.30. The molecule has 1 aliphatic heterocycles. The lowest BCUT2D eigenvalue weighted by atomic mass is 9.94. The van der Waals surface area contributed by atoms with E-state index in [0.29, 0.717) is 54.7 Å². The number of benzene rings is 4. The number of rotatable bonds is 8. The quantitative estimate of drug-likeness (QED) is 0.185. The fourth-order valence-corrected chi connectivity index (χ4v) is 6.83. The zero-order chi connectivity index (χ0) is 32.1. The number of hydrogen-bond donors (Lipinski definition) is 1. The van der Waals surface area contributed by atoms with Crippen molar-refractivity contribution in [1.29, 1.82) is 0 Å². The average molecular weight is 640 g/mol. The topological polar surface area (TPSA) is 62.3 Å². The number of nitrogens with one attached hydrogen (secondary N) is 1. The molecule has 1 saturated heterocycles. The Balaban J connectivity index is 1.10. The van der Waals surface area contributed by atoms with Crippen LogP contribution in [0.3, 0.4) is 0 Å². The minimum absolute atomic E-state index is 0.120. The maximum Gasteiger partial charge on any atom is 0.416 e. The fraction of sp³-hybridized carbons (Fsp3) is 0.216. The Labute approximate surface area is 269 Å². The molecule has 1 aromatic heterocycles. The largest absolute Gasteiger partial charge is 0.416 e. The molecule has 1 N–H and O–H groups in total. The summed E-state index contributed by atoms with van der Waals surface area (Å²) < 4.78 is 39.2. The summed E-state index contributed by atoms with van der Waals surface area (Å²) in [6.07, 6.45) is -2.37. The number of piperidine rings is 1. The van der Waals surface area contributed by atoms with Crippen LogP contribution in [0.4, 0.5) is 13.2 Å². The number of alkyl halides is 3. The standard InChI is InChI=1S/C37H32F3N3O2S/c38-37(39,40)29-17-15-26(16-18-29)30-13-7-8-14-31(30)36(45)43-21-19-28(20-22-43)35-42-33(24-46-35)34(44)41-32(27-11-5-2-6-12-27)23-25-9-3-1-4-10-25/h1-18,24,28,32H,19-23H2,(H,41,44). The van der Waals surface area contributed by atoms with Crippen LogP contribution in [-0.4, -0.2) is 34.8 Å². The van der Waals surface area contributed by atoms with Crippen LogP contribution in [0.15, 0.2) is 115 Å².